The zero-order chi connectivity index (χ0) is 20.1. The number of benzene rings is 2. The van der Waals surface area contributed by atoms with Gasteiger partial charge in [0.05, 0.1) is 23.9 Å². The number of Topliss-reactive ketones (excluding diaryl/α,β-unsaturated/α-hetero) is 1. The number of hydrogen-bond acceptors (Lipinski definition) is 6. The van der Waals surface area contributed by atoms with Gasteiger partial charge < -0.3 is 14.4 Å². The van der Waals surface area contributed by atoms with E-state index in [-0.39, 0.29) is 11.7 Å². The van der Waals surface area contributed by atoms with E-state index in [9.17, 15) is 4.79 Å². The number of methoxy groups -OCH3 is 1. The lowest BCUT2D eigenvalue weighted by molar-refractivity contribution is 0.0835. The van der Waals surface area contributed by atoms with Crippen molar-refractivity contribution in [3.8, 4) is 11.5 Å². The smallest absolute Gasteiger partial charge is 0.194 e. The van der Waals surface area contributed by atoms with Gasteiger partial charge in [0.15, 0.2) is 10.8 Å². The lowest BCUT2D eigenvalue weighted by atomic mass is 9.92. The van der Waals surface area contributed by atoms with E-state index in [0.717, 1.165) is 67.2 Å². The number of rotatable bonds is 8. The maximum Gasteiger partial charge on any atom is 0.194 e. The van der Waals surface area contributed by atoms with Gasteiger partial charge in [-0.15, -0.1) is 11.3 Å². The Kier molecular flexibility index (Phi) is 6.42. The van der Waals surface area contributed by atoms with Crippen molar-refractivity contribution in [2.45, 2.75) is 19.3 Å². The molecule has 29 heavy (non-hydrogen) atoms. The van der Waals surface area contributed by atoms with E-state index < -0.39 is 0 Å². The molecule has 2 heterocycles. The standard InChI is InChI=1S/C23H26N2O3S/c1-27-19-8-9-20-21(16-19)29-23(24-20)22(26)17-10-13-25(14-11-17)12-5-15-28-18-6-3-2-4-7-18/h2-4,6-9,16-17H,5,10-15H2,1H3. The third kappa shape index (κ3) is 4.95. The molecule has 0 N–H and O–H groups in total. The molecule has 1 aromatic heterocycles. The highest BCUT2D eigenvalue weighted by molar-refractivity contribution is 7.20. The summed E-state index contributed by atoms with van der Waals surface area (Å²) in [5, 5.41) is 0.628. The molecule has 4 rings (SSSR count). The number of para-hydroxylation sites is 1. The fraction of sp³-hybridized carbons (Fsp3) is 0.391. The Morgan fingerprint density at radius 3 is 2.69 bits per heavy atom. The van der Waals surface area contributed by atoms with Crippen LogP contribution in [0.2, 0.25) is 0 Å². The molecule has 0 amide bonds. The Morgan fingerprint density at radius 1 is 1.14 bits per heavy atom. The molecule has 0 spiro atoms. The zero-order valence-corrected chi connectivity index (χ0v) is 17.5. The van der Waals surface area contributed by atoms with Gasteiger partial charge in [-0.1, -0.05) is 18.2 Å². The summed E-state index contributed by atoms with van der Waals surface area (Å²) in [4.78, 5) is 19.9. The molecule has 5 nitrogen and oxygen atoms in total. The maximum atomic E-state index is 12.9. The second kappa shape index (κ2) is 9.37. The highest BCUT2D eigenvalue weighted by Crippen LogP contribution is 2.30. The quantitative estimate of drug-likeness (QED) is 0.399. The first-order valence-corrected chi connectivity index (χ1v) is 10.9. The number of likely N-dealkylation sites (tertiary alicyclic amines) is 1. The molecule has 0 bridgehead atoms. The van der Waals surface area contributed by atoms with Crippen LogP contribution in [0.25, 0.3) is 10.2 Å². The van der Waals surface area contributed by atoms with Gasteiger partial charge in [-0.25, -0.2) is 4.98 Å². The molecule has 1 aliphatic heterocycles. The Balaban J connectivity index is 1.24. The van der Waals surface area contributed by atoms with Crippen molar-refractivity contribution < 1.29 is 14.3 Å². The van der Waals surface area contributed by atoms with Crippen LogP contribution in [0.15, 0.2) is 48.5 Å². The van der Waals surface area contributed by atoms with Crippen molar-refractivity contribution >= 4 is 27.3 Å². The van der Waals surface area contributed by atoms with Gasteiger partial charge >= 0.3 is 0 Å². The van der Waals surface area contributed by atoms with Crippen LogP contribution in [0.5, 0.6) is 11.5 Å². The molecule has 0 radical (unpaired) electrons. The monoisotopic (exact) mass is 410 g/mol. The van der Waals surface area contributed by atoms with Crippen molar-refractivity contribution in [3.63, 3.8) is 0 Å². The fourth-order valence-electron chi connectivity index (χ4n) is 3.73. The molecule has 0 unspecified atom stereocenters. The molecule has 1 aliphatic rings. The van der Waals surface area contributed by atoms with Crippen LogP contribution in [-0.4, -0.2) is 49.0 Å². The van der Waals surface area contributed by atoms with Gasteiger partial charge in [0.1, 0.15) is 11.5 Å². The normalized spacial score (nSPS) is 15.5. The number of thiazole rings is 1. The first kappa shape index (κ1) is 19.9. The molecular formula is C23H26N2O3S. The average Bonchev–Trinajstić information content (AvgIpc) is 3.20. The van der Waals surface area contributed by atoms with E-state index in [1.807, 2.05) is 48.5 Å². The average molecular weight is 411 g/mol. The summed E-state index contributed by atoms with van der Waals surface area (Å²) >= 11 is 1.47. The minimum atomic E-state index is 0.0780. The van der Waals surface area contributed by atoms with Crippen LogP contribution in [0, 0.1) is 5.92 Å². The lowest BCUT2D eigenvalue weighted by Gasteiger charge is -2.30. The van der Waals surface area contributed by atoms with E-state index in [2.05, 4.69) is 9.88 Å². The van der Waals surface area contributed by atoms with Crippen LogP contribution >= 0.6 is 11.3 Å². The van der Waals surface area contributed by atoms with Crippen LogP contribution < -0.4 is 9.47 Å². The Bertz CT molecular complexity index is 949. The molecule has 6 heteroatoms. The number of carbonyl (C=O) groups excluding carboxylic acids is 1. The van der Waals surface area contributed by atoms with Crippen molar-refractivity contribution in [3.05, 3.63) is 53.5 Å². The van der Waals surface area contributed by atoms with Crippen molar-refractivity contribution in [1.29, 1.82) is 0 Å². The predicted octanol–water partition coefficient (Wildman–Crippen LogP) is 4.67. The summed E-state index contributed by atoms with van der Waals surface area (Å²) in [7, 11) is 1.65. The number of aromatic nitrogens is 1. The predicted molar refractivity (Wildman–Crippen MR) is 116 cm³/mol. The van der Waals surface area contributed by atoms with Crippen LogP contribution in [-0.2, 0) is 0 Å². The Hall–Kier alpha value is -2.44. The first-order chi connectivity index (χ1) is 14.2. The van der Waals surface area contributed by atoms with Gasteiger partial charge in [-0.3, -0.25) is 4.79 Å². The number of ether oxygens (including phenoxy) is 2. The number of carbonyl (C=O) groups is 1. The summed E-state index contributed by atoms with van der Waals surface area (Å²) < 4.78 is 12.0. The molecule has 0 atom stereocenters. The van der Waals surface area contributed by atoms with E-state index in [4.69, 9.17) is 9.47 Å². The first-order valence-electron chi connectivity index (χ1n) is 10.1. The lowest BCUT2D eigenvalue weighted by Crippen LogP contribution is -2.37. The minimum absolute atomic E-state index is 0.0780. The molecule has 152 valence electrons. The van der Waals surface area contributed by atoms with E-state index in [1.54, 1.807) is 7.11 Å². The summed E-state index contributed by atoms with van der Waals surface area (Å²) in [6, 6.07) is 15.7. The third-order valence-electron chi connectivity index (χ3n) is 5.40. The van der Waals surface area contributed by atoms with Gasteiger partial charge in [0.2, 0.25) is 0 Å². The summed E-state index contributed by atoms with van der Waals surface area (Å²) in [5.74, 6) is 1.99. The van der Waals surface area contributed by atoms with Gasteiger partial charge in [-0.2, -0.15) is 0 Å². The molecule has 0 aliphatic carbocycles. The molecular weight excluding hydrogens is 384 g/mol. The van der Waals surface area contributed by atoms with Crippen LogP contribution in [0.3, 0.4) is 0 Å². The molecule has 2 aromatic carbocycles. The number of hydrogen-bond donors (Lipinski definition) is 0. The largest absolute Gasteiger partial charge is 0.497 e. The number of ketones is 1. The van der Waals surface area contributed by atoms with E-state index >= 15 is 0 Å². The maximum absolute atomic E-state index is 12.9. The molecule has 1 fully saturated rings. The molecule has 3 aromatic rings. The second-order valence-corrected chi connectivity index (χ2v) is 8.38. The SMILES string of the molecule is COc1ccc2nc(C(=O)C3CCN(CCCOc4ccccc4)CC3)sc2c1. The highest BCUT2D eigenvalue weighted by atomic mass is 32.1. The topological polar surface area (TPSA) is 51.7 Å². The van der Waals surface area contributed by atoms with Gasteiger partial charge in [0.25, 0.3) is 0 Å². The van der Waals surface area contributed by atoms with Gasteiger partial charge in [-0.05, 0) is 62.7 Å². The molecule has 0 saturated carbocycles. The van der Waals surface area contributed by atoms with E-state index in [1.165, 1.54) is 11.3 Å². The number of piperidine rings is 1. The van der Waals surface area contributed by atoms with Gasteiger partial charge in [0, 0.05) is 12.5 Å². The third-order valence-corrected chi connectivity index (χ3v) is 6.43. The zero-order valence-electron chi connectivity index (χ0n) is 16.7. The van der Waals surface area contributed by atoms with Crippen molar-refractivity contribution in [2.24, 2.45) is 5.92 Å². The van der Waals surface area contributed by atoms with Crippen molar-refractivity contribution in [1.82, 2.24) is 9.88 Å². The highest BCUT2D eigenvalue weighted by Gasteiger charge is 2.27. The van der Waals surface area contributed by atoms with Crippen LogP contribution in [0.1, 0.15) is 29.1 Å². The summed E-state index contributed by atoms with van der Waals surface area (Å²) in [5.41, 5.74) is 0.870. The van der Waals surface area contributed by atoms with Crippen molar-refractivity contribution in [2.75, 3.05) is 33.4 Å². The second-order valence-electron chi connectivity index (χ2n) is 7.35. The van der Waals surface area contributed by atoms with Crippen LogP contribution in [0.4, 0.5) is 0 Å². The molecule has 1 saturated heterocycles. The minimum Gasteiger partial charge on any atom is -0.497 e. The fourth-order valence-corrected chi connectivity index (χ4v) is 4.74. The summed E-state index contributed by atoms with van der Waals surface area (Å²) in [6.45, 7) is 3.65. The van der Waals surface area contributed by atoms with E-state index in [0.29, 0.717) is 5.01 Å². The number of fused-ring (bicyclic) bond motifs is 1. The number of nitrogens with zero attached hydrogens (tertiary/aromatic N) is 2. The summed E-state index contributed by atoms with van der Waals surface area (Å²) in [6.07, 6.45) is 2.79. The Labute approximate surface area is 175 Å². The Morgan fingerprint density at radius 2 is 1.93 bits per heavy atom.